The number of phenolic OH excluding ortho intramolecular Hbond substituents is 2. The van der Waals surface area contributed by atoms with E-state index in [4.69, 9.17) is 0 Å². The maximum atomic E-state index is 10.5. The molecule has 0 spiro atoms. The van der Waals surface area contributed by atoms with Crippen molar-refractivity contribution < 1.29 is 31.9 Å². The predicted octanol–water partition coefficient (Wildman–Crippen LogP) is 13.2. The topological polar surface area (TPSA) is 40.5 Å². The minimum atomic E-state index is 0. The summed E-state index contributed by atoms with van der Waals surface area (Å²) >= 11 is 0. The van der Waals surface area contributed by atoms with Gasteiger partial charge in [-0.2, -0.15) is 49.2 Å². The fourth-order valence-corrected chi connectivity index (χ4v) is 5.45. The molecule has 0 fully saturated rings. The van der Waals surface area contributed by atoms with E-state index in [1.54, 1.807) is 0 Å². The minimum absolute atomic E-state index is 0. The molecule has 258 valence electrons. The van der Waals surface area contributed by atoms with E-state index in [0.29, 0.717) is 11.5 Å². The molecule has 0 atom stereocenters. The quantitative estimate of drug-likeness (QED) is 0.140. The molecule has 0 amide bonds. The molecule has 0 unspecified atom stereocenters. The van der Waals surface area contributed by atoms with E-state index in [9.17, 15) is 10.2 Å². The molecule has 0 radical (unpaired) electrons. The van der Waals surface area contributed by atoms with Gasteiger partial charge in [0.15, 0.2) is 0 Å². The Morgan fingerprint density at radius 1 is 0.245 bits per heavy atom. The van der Waals surface area contributed by atoms with Gasteiger partial charge in [0.2, 0.25) is 0 Å². The Kier molecular flexibility index (Phi) is 15.9. The first kappa shape index (κ1) is 39.6. The van der Waals surface area contributed by atoms with E-state index in [1.807, 2.05) is 218 Å². The van der Waals surface area contributed by atoms with Gasteiger partial charge in [-0.3, -0.25) is 0 Å². The van der Waals surface area contributed by atoms with Crippen LogP contribution in [-0.2, 0) is 21.7 Å². The van der Waals surface area contributed by atoms with Crippen molar-refractivity contribution in [3.05, 3.63) is 243 Å². The number of para-hydroxylation sites is 2. The van der Waals surface area contributed by atoms with Gasteiger partial charge in [0, 0.05) is 22.3 Å². The zero-order valence-electron chi connectivity index (χ0n) is 29.6. The summed E-state index contributed by atoms with van der Waals surface area (Å²) < 4.78 is 0. The predicted molar refractivity (Wildman–Crippen MR) is 220 cm³/mol. The number of phenols is 2. The average Bonchev–Trinajstić information content (AvgIpc) is 3.21. The van der Waals surface area contributed by atoms with Crippen LogP contribution >= 0.6 is 0 Å². The smallest absolute Gasteiger partial charge is 0.507 e. The Bertz CT molecular complexity index is 1910. The largest absolute Gasteiger partial charge is 2.00 e. The van der Waals surface area contributed by atoms with Gasteiger partial charge in [-0.15, -0.1) is 24.3 Å². The van der Waals surface area contributed by atoms with Crippen LogP contribution in [0.4, 0.5) is 0 Å². The standard InChI is InChI=1S/2C18H14O.2C7H7.Ti/c2*19-18-16(14-8-3-1-4-9-14)12-7-13-17(18)15-10-5-2-6-11-15;2*1-7-5-3-2-4-6-7;/h2*1-13,19H;2*2-6H,1H2;/q;;2*-1;+2. The summed E-state index contributed by atoms with van der Waals surface area (Å²) in [4.78, 5) is 0. The zero-order chi connectivity index (χ0) is 36.4. The SMILES string of the molecule is Oc1c(-c2ccccc2)cccc1-c1ccccc1.Oc1c(-c2ccccc2)cccc1-c1ccccc1.[CH2-]c1ccccc1.[CH2-]c1ccccc1.[Ti+2]. The summed E-state index contributed by atoms with van der Waals surface area (Å²) in [5.74, 6) is 0.666. The third-order valence-corrected chi connectivity index (χ3v) is 8.10. The number of benzene rings is 8. The normalized spacial score (nSPS) is 9.66. The molecule has 53 heavy (non-hydrogen) atoms. The number of rotatable bonds is 4. The molecule has 2 nitrogen and oxygen atoms in total. The third kappa shape index (κ3) is 11.9. The molecule has 8 aromatic carbocycles. The summed E-state index contributed by atoms with van der Waals surface area (Å²) in [5.41, 5.74) is 9.70. The number of hydrogen-bond donors (Lipinski definition) is 2. The Hall–Kier alpha value is -6.19. The number of aromatic hydroxyl groups is 2. The van der Waals surface area contributed by atoms with E-state index in [0.717, 1.165) is 55.6 Å². The van der Waals surface area contributed by atoms with E-state index < -0.39 is 0 Å². The van der Waals surface area contributed by atoms with Crippen LogP contribution in [0.3, 0.4) is 0 Å². The van der Waals surface area contributed by atoms with Gasteiger partial charge in [-0.1, -0.05) is 170 Å². The molecular formula is C50H42O2Ti. The van der Waals surface area contributed by atoms with Crippen LogP contribution in [0.15, 0.2) is 218 Å². The van der Waals surface area contributed by atoms with E-state index in [-0.39, 0.29) is 21.7 Å². The van der Waals surface area contributed by atoms with Crippen molar-refractivity contribution in [1.82, 2.24) is 0 Å². The first-order valence-electron chi connectivity index (χ1n) is 17.1. The fourth-order valence-electron chi connectivity index (χ4n) is 5.45. The summed E-state index contributed by atoms with van der Waals surface area (Å²) in [6, 6.07) is 71.2. The van der Waals surface area contributed by atoms with Crippen LogP contribution in [-0.4, -0.2) is 10.2 Å². The van der Waals surface area contributed by atoms with Crippen molar-refractivity contribution in [2.24, 2.45) is 0 Å². The van der Waals surface area contributed by atoms with Crippen molar-refractivity contribution in [3.8, 4) is 56.0 Å². The summed E-state index contributed by atoms with van der Waals surface area (Å²) in [5, 5.41) is 21.0. The number of hydrogen-bond acceptors (Lipinski definition) is 2. The molecule has 8 rings (SSSR count). The molecule has 0 bridgehead atoms. The van der Waals surface area contributed by atoms with E-state index >= 15 is 0 Å². The van der Waals surface area contributed by atoms with Crippen molar-refractivity contribution in [2.75, 3.05) is 0 Å². The molecule has 0 aliphatic heterocycles. The van der Waals surface area contributed by atoms with Gasteiger partial charge < -0.3 is 10.2 Å². The van der Waals surface area contributed by atoms with E-state index in [2.05, 4.69) is 13.8 Å². The average molecular weight is 723 g/mol. The summed E-state index contributed by atoms with van der Waals surface area (Å²) in [7, 11) is 0. The summed E-state index contributed by atoms with van der Waals surface area (Å²) in [6.45, 7) is 7.44. The van der Waals surface area contributed by atoms with Crippen LogP contribution < -0.4 is 0 Å². The third-order valence-electron chi connectivity index (χ3n) is 8.10. The van der Waals surface area contributed by atoms with Crippen molar-refractivity contribution in [2.45, 2.75) is 0 Å². The van der Waals surface area contributed by atoms with Crippen LogP contribution in [0.2, 0.25) is 0 Å². The molecule has 0 aliphatic rings. The van der Waals surface area contributed by atoms with Gasteiger partial charge in [-0.05, 0) is 22.3 Å². The second kappa shape index (κ2) is 21.2. The molecule has 0 aliphatic carbocycles. The Balaban J connectivity index is 0.000000172. The molecule has 2 N–H and O–H groups in total. The van der Waals surface area contributed by atoms with Gasteiger partial charge in [-0.25, -0.2) is 0 Å². The fraction of sp³-hybridized carbons (Fsp3) is 0. The maximum Gasteiger partial charge on any atom is 2.00 e. The molecule has 0 heterocycles. The van der Waals surface area contributed by atoms with Crippen LogP contribution in [0.1, 0.15) is 11.1 Å². The Morgan fingerprint density at radius 3 is 0.604 bits per heavy atom. The Labute approximate surface area is 329 Å². The van der Waals surface area contributed by atoms with Crippen LogP contribution in [0.5, 0.6) is 11.5 Å². The monoisotopic (exact) mass is 722 g/mol. The molecule has 0 saturated carbocycles. The molecule has 0 saturated heterocycles. The van der Waals surface area contributed by atoms with Crippen molar-refractivity contribution >= 4 is 0 Å². The van der Waals surface area contributed by atoms with Crippen molar-refractivity contribution in [3.63, 3.8) is 0 Å². The Morgan fingerprint density at radius 2 is 0.434 bits per heavy atom. The molecule has 0 aromatic heterocycles. The first-order valence-corrected chi connectivity index (χ1v) is 17.1. The molecule has 3 heteroatoms. The maximum absolute atomic E-state index is 10.5. The van der Waals surface area contributed by atoms with Gasteiger partial charge in [0.05, 0.1) is 0 Å². The molecule has 8 aromatic rings. The van der Waals surface area contributed by atoms with Gasteiger partial charge >= 0.3 is 21.7 Å². The van der Waals surface area contributed by atoms with E-state index in [1.165, 1.54) is 0 Å². The van der Waals surface area contributed by atoms with Gasteiger partial charge in [0.25, 0.3) is 0 Å². The first-order chi connectivity index (χ1) is 25.5. The van der Waals surface area contributed by atoms with Crippen LogP contribution in [0, 0.1) is 13.8 Å². The molecular weight excluding hydrogens is 680 g/mol. The summed E-state index contributed by atoms with van der Waals surface area (Å²) in [6.07, 6.45) is 0. The minimum Gasteiger partial charge on any atom is -0.507 e. The zero-order valence-corrected chi connectivity index (χ0v) is 31.2. The van der Waals surface area contributed by atoms with Crippen LogP contribution in [0.25, 0.3) is 44.5 Å². The van der Waals surface area contributed by atoms with Crippen molar-refractivity contribution in [1.29, 1.82) is 0 Å². The second-order valence-electron chi connectivity index (χ2n) is 11.8. The van der Waals surface area contributed by atoms with Gasteiger partial charge in [0.1, 0.15) is 11.5 Å². The second-order valence-corrected chi connectivity index (χ2v) is 11.8.